The Labute approximate surface area is 124 Å². The summed E-state index contributed by atoms with van der Waals surface area (Å²) in [5, 5.41) is 10.3. The van der Waals surface area contributed by atoms with Gasteiger partial charge in [-0.05, 0) is 30.0 Å². The average Bonchev–Trinajstić information content (AvgIpc) is 2.69. The summed E-state index contributed by atoms with van der Waals surface area (Å²) in [5.74, 6) is 0.0260. The quantitative estimate of drug-likeness (QED) is 0.940. The summed E-state index contributed by atoms with van der Waals surface area (Å²) in [4.78, 5) is 14.4. The molecule has 3 rings (SSSR count). The molecule has 0 bridgehead atoms. The minimum atomic E-state index is -0.639. The molecule has 2 aromatic carbocycles. The Morgan fingerprint density at radius 2 is 1.76 bits per heavy atom. The van der Waals surface area contributed by atoms with E-state index in [4.69, 9.17) is 0 Å². The van der Waals surface area contributed by atoms with Crippen molar-refractivity contribution in [3.63, 3.8) is 0 Å². The van der Waals surface area contributed by atoms with E-state index in [0.717, 1.165) is 29.5 Å². The van der Waals surface area contributed by atoms with Crippen molar-refractivity contribution >= 4 is 5.91 Å². The lowest BCUT2D eigenvalue weighted by Crippen LogP contribution is -2.34. The summed E-state index contributed by atoms with van der Waals surface area (Å²) in [5.41, 5.74) is 2.73. The fraction of sp³-hybridized carbons (Fsp3) is 0.278. The first-order valence-corrected chi connectivity index (χ1v) is 7.36. The number of hydrogen-bond acceptors (Lipinski definition) is 2. The molecule has 0 aromatic heterocycles. The summed E-state index contributed by atoms with van der Waals surface area (Å²) in [6.07, 6.45) is 1.21. The number of aliphatic hydroxyl groups is 1. The van der Waals surface area contributed by atoms with E-state index in [9.17, 15) is 9.90 Å². The van der Waals surface area contributed by atoms with Gasteiger partial charge < -0.3 is 10.0 Å². The molecule has 2 aromatic rings. The number of β-amino-alcohol motifs (C(OH)–C–C–N with tert-alkyl or cyclic N) is 1. The van der Waals surface area contributed by atoms with Crippen LogP contribution in [0.1, 0.15) is 34.0 Å². The summed E-state index contributed by atoms with van der Waals surface area (Å²) in [7, 11) is 0. The number of benzene rings is 2. The number of carbonyl (C=O) groups is 1. The van der Waals surface area contributed by atoms with Crippen molar-refractivity contribution in [1.82, 2.24) is 4.90 Å². The van der Waals surface area contributed by atoms with Crippen LogP contribution in [-0.4, -0.2) is 29.0 Å². The first-order chi connectivity index (χ1) is 10.3. The van der Waals surface area contributed by atoms with Crippen molar-refractivity contribution in [3.05, 3.63) is 71.3 Å². The Hall–Kier alpha value is -2.13. The molecule has 1 unspecified atom stereocenters. The lowest BCUT2D eigenvalue weighted by atomic mass is 10.0. The van der Waals surface area contributed by atoms with Crippen LogP contribution in [0.15, 0.2) is 54.6 Å². The molecular formula is C18H19NO2. The maximum absolute atomic E-state index is 12.6. The van der Waals surface area contributed by atoms with Crippen LogP contribution in [0.3, 0.4) is 0 Å². The Morgan fingerprint density at radius 3 is 2.57 bits per heavy atom. The molecule has 21 heavy (non-hydrogen) atoms. The third kappa shape index (κ3) is 2.98. The third-order valence-corrected chi connectivity index (χ3v) is 3.99. The Kier molecular flexibility index (Phi) is 4.02. The summed E-state index contributed by atoms with van der Waals surface area (Å²) in [6, 6.07) is 17.3. The minimum absolute atomic E-state index is 0.0260. The molecule has 3 heteroatoms. The van der Waals surface area contributed by atoms with Gasteiger partial charge in [0.1, 0.15) is 0 Å². The normalized spacial score (nSPS) is 16.2. The first-order valence-electron chi connectivity index (χ1n) is 7.36. The van der Waals surface area contributed by atoms with Crippen LogP contribution in [0, 0.1) is 0 Å². The molecule has 0 saturated heterocycles. The standard InChI is InChI=1S/C18H19NO2/c20-17(15-8-2-1-3-9-15)13-19-12-6-10-14-7-4-5-11-16(14)18(19)21/h1-5,7-9,11,17,20H,6,10,12-13H2. The number of amides is 1. The second-order valence-electron chi connectivity index (χ2n) is 5.44. The van der Waals surface area contributed by atoms with E-state index < -0.39 is 6.10 Å². The lowest BCUT2D eigenvalue weighted by Gasteiger charge is -2.24. The smallest absolute Gasteiger partial charge is 0.254 e. The molecule has 1 amide bonds. The molecular weight excluding hydrogens is 262 g/mol. The van der Waals surface area contributed by atoms with Crippen LogP contribution < -0.4 is 0 Å². The van der Waals surface area contributed by atoms with Gasteiger partial charge in [0.15, 0.2) is 0 Å². The molecule has 1 atom stereocenters. The zero-order valence-corrected chi connectivity index (χ0v) is 11.9. The van der Waals surface area contributed by atoms with Crippen LogP contribution in [0.5, 0.6) is 0 Å². The fourth-order valence-electron chi connectivity index (χ4n) is 2.84. The van der Waals surface area contributed by atoms with E-state index in [1.807, 2.05) is 54.6 Å². The van der Waals surface area contributed by atoms with Crippen LogP contribution in [0.4, 0.5) is 0 Å². The van der Waals surface area contributed by atoms with Gasteiger partial charge in [0.25, 0.3) is 5.91 Å². The Morgan fingerprint density at radius 1 is 1.05 bits per heavy atom. The number of fused-ring (bicyclic) bond motifs is 1. The molecule has 1 N–H and O–H groups in total. The van der Waals surface area contributed by atoms with Crippen LogP contribution in [-0.2, 0) is 6.42 Å². The van der Waals surface area contributed by atoms with Crippen LogP contribution >= 0.6 is 0 Å². The molecule has 0 spiro atoms. The second-order valence-corrected chi connectivity index (χ2v) is 5.44. The molecule has 0 saturated carbocycles. The largest absolute Gasteiger partial charge is 0.387 e. The molecule has 108 valence electrons. The van der Waals surface area contributed by atoms with E-state index in [2.05, 4.69) is 0 Å². The van der Waals surface area contributed by atoms with Gasteiger partial charge in [-0.1, -0.05) is 48.5 Å². The maximum atomic E-state index is 12.6. The van der Waals surface area contributed by atoms with Crippen molar-refractivity contribution in [2.75, 3.05) is 13.1 Å². The van der Waals surface area contributed by atoms with Crippen LogP contribution in [0.2, 0.25) is 0 Å². The zero-order valence-electron chi connectivity index (χ0n) is 11.9. The van der Waals surface area contributed by atoms with Gasteiger partial charge in [-0.15, -0.1) is 0 Å². The molecule has 0 aliphatic carbocycles. The van der Waals surface area contributed by atoms with Gasteiger partial charge >= 0.3 is 0 Å². The summed E-state index contributed by atoms with van der Waals surface area (Å²) >= 11 is 0. The monoisotopic (exact) mass is 281 g/mol. The summed E-state index contributed by atoms with van der Waals surface area (Å²) < 4.78 is 0. The van der Waals surface area contributed by atoms with E-state index in [-0.39, 0.29) is 5.91 Å². The van der Waals surface area contributed by atoms with Gasteiger partial charge in [0.2, 0.25) is 0 Å². The molecule has 3 nitrogen and oxygen atoms in total. The molecule has 1 aliphatic heterocycles. The van der Waals surface area contributed by atoms with Gasteiger partial charge in [0.05, 0.1) is 12.6 Å². The minimum Gasteiger partial charge on any atom is -0.387 e. The van der Waals surface area contributed by atoms with E-state index in [1.165, 1.54) is 0 Å². The van der Waals surface area contributed by atoms with Crippen molar-refractivity contribution < 1.29 is 9.90 Å². The van der Waals surface area contributed by atoms with Crippen molar-refractivity contribution in [2.24, 2.45) is 0 Å². The highest BCUT2D eigenvalue weighted by Gasteiger charge is 2.24. The number of carbonyl (C=O) groups excluding carboxylic acids is 1. The fourth-order valence-corrected chi connectivity index (χ4v) is 2.84. The highest BCUT2D eigenvalue weighted by molar-refractivity contribution is 5.96. The number of hydrogen-bond donors (Lipinski definition) is 1. The van der Waals surface area contributed by atoms with E-state index >= 15 is 0 Å². The SMILES string of the molecule is O=C1c2ccccc2CCCN1CC(O)c1ccccc1. The number of aliphatic hydroxyl groups excluding tert-OH is 1. The van der Waals surface area contributed by atoms with Gasteiger partial charge in [-0.3, -0.25) is 4.79 Å². The number of aryl methyl sites for hydroxylation is 1. The van der Waals surface area contributed by atoms with E-state index in [0.29, 0.717) is 13.1 Å². The molecule has 1 aliphatic rings. The van der Waals surface area contributed by atoms with Crippen molar-refractivity contribution in [3.8, 4) is 0 Å². The van der Waals surface area contributed by atoms with E-state index in [1.54, 1.807) is 4.90 Å². The Balaban J connectivity index is 1.79. The number of nitrogens with zero attached hydrogens (tertiary/aromatic N) is 1. The highest BCUT2D eigenvalue weighted by Crippen LogP contribution is 2.21. The third-order valence-electron chi connectivity index (χ3n) is 3.99. The zero-order chi connectivity index (χ0) is 14.7. The summed E-state index contributed by atoms with van der Waals surface area (Å²) in [6.45, 7) is 1.04. The lowest BCUT2D eigenvalue weighted by molar-refractivity contribution is 0.0628. The number of rotatable bonds is 3. The Bertz CT molecular complexity index is 624. The molecule has 0 radical (unpaired) electrons. The highest BCUT2D eigenvalue weighted by atomic mass is 16.3. The predicted octanol–water partition coefficient (Wildman–Crippen LogP) is 2.81. The maximum Gasteiger partial charge on any atom is 0.254 e. The predicted molar refractivity (Wildman–Crippen MR) is 82.1 cm³/mol. The average molecular weight is 281 g/mol. The van der Waals surface area contributed by atoms with Gasteiger partial charge in [-0.2, -0.15) is 0 Å². The van der Waals surface area contributed by atoms with Crippen LogP contribution in [0.25, 0.3) is 0 Å². The topological polar surface area (TPSA) is 40.5 Å². The van der Waals surface area contributed by atoms with Crippen molar-refractivity contribution in [1.29, 1.82) is 0 Å². The first kappa shape index (κ1) is 13.8. The van der Waals surface area contributed by atoms with Gasteiger partial charge in [0, 0.05) is 12.1 Å². The van der Waals surface area contributed by atoms with Crippen molar-refractivity contribution in [2.45, 2.75) is 18.9 Å². The second kappa shape index (κ2) is 6.10. The molecule has 0 fully saturated rings. The molecule has 1 heterocycles. The van der Waals surface area contributed by atoms with Gasteiger partial charge in [-0.25, -0.2) is 0 Å².